The normalized spacial score (nSPS) is 18.2. The third kappa shape index (κ3) is 4.61. The summed E-state index contributed by atoms with van der Waals surface area (Å²) in [6.07, 6.45) is 2.06. The molecule has 1 aromatic rings. The summed E-state index contributed by atoms with van der Waals surface area (Å²) in [6, 6.07) is 6.07. The van der Waals surface area contributed by atoms with E-state index in [9.17, 15) is 8.42 Å². The minimum atomic E-state index is -3.40. The Morgan fingerprint density at radius 1 is 1.43 bits per heavy atom. The molecule has 0 spiro atoms. The first kappa shape index (κ1) is 16.1. The Labute approximate surface area is 127 Å². The van der Waals surface area contributed by atoms with Crippen LogP contribution in [0.1, 0.15) is 32.8 Å². The van der Waals surface area contributed by atoms with Crippen LogP contribution in [0.5, 0.6) is 0 Å². The highest BCUT2D eigenvalue weighted by atomic mass is 32.2. The van der Waals surface area contributed by atoms with Gasteiger partial charge in [0.05, 0.1) is 29.8 Å². The highest BCUT2D eigenvalue weighted by Crippen LogP contribution is 2.32. The van der Waals surface area contributed by atoms with Gasteiger partial charge in [-0.05, 0) is 45.2 Å². The first-order chi connectivity index (χ1) is 9.87. The van der Waals surface area contributed by atoms with Crippen LogP contribution in [0.4, 0.5) is 11.4 Å². The molecule has 0 fully saturated rings. The molecule has 2 N–H and O–H groups in total. The van der Waals surface area contributed by atoms with E-state index in [1.165, 1.54) is 0 Å². The van der Waals surface area contributed by atoms with Gasteiger partial charge in [-0.2, -0.15) is 0 Å². The molecule has 1 aromatic carbocycles. The maximum atomic E-state index is 12.1. The molecule has 0 aliphatic carbocycles. The maximum absolute atomic E-state index is 12.1. The number of benzene rings is 1. The van der Waals surface area contributed by atoms with E-state index in [1.54, 1.807) is 6.07 Å². The average Bonchev–Trinajstić information content (AvgIpc) is 2.38. The summed E-state index contributed by atoms with van der Waals surface area (Å²) in [5, 5.41) is 3.37. The van der Waals surface area contributed by atoms with Crippen molar-refractivity contribution in [3.05, 3.63) is 23.8 Å². The van der Waals surface area contributed by atoms with E-state index >= 15 is 0 Å². The highest BCUT2D eigenvalue weighted by molar-refractivity contribution is 7.92. The Bertz CT molecular complexity index is 585. The zero-order valence-electron chi connectivity index (χ0n) is 12.8. The van der Waals surface area contributed by atoms with Crippen molar-refractivity contribution in [3.8, 4) is 0 Å². The molecule has 0 amide bonds. The van der Waals surface area contributed by atoms with Crippen molar-refractivity contribution < 1.29 is 13.2 Å². The molecule has 0 radical (unpaired) electrons. The van der Waals surface area contributed by atoms with E-state index < -0.39 is 10.0 Å². The largest absolute Gasteiger partial charge is 0.381 e. The second kappa shape index (κ2) is 6.66. The Balaban J connectivity index is 2.09. The van der Waals surface area contributed by atoms with Crippen LogP contribution in [-0.2, 0) is 21.2 Å². The summed E-state index contributed by atoms with van der Waals surface area (Å²) in [5.74, 6) is -0.0373. The Hall–Kier alpha value is -1.27. The van der Waals surface area contributed by atoms with Gasteiger partial charge in [0.25, 0.3) is 0 Å². The van der Waals surface area contributed by atoms with Gasteiger partial charge in [-0.25, -0.2) is 8.42 Å². The number of hydrogen-bond donors (Lipinski definition) is 2. The summed E-state index contributed by atoms with van der Waals surface area (Å²) >= 11 is 0. The highest BCUT2D eigenvalue weighted by Gasteiger charge is 2.19. The summed E-state index contributed by atoms with van der Waals surface area (Å²) in [5.41, 5.74) is 2.69. The molecular weight excluding hydrogens is 288 g/mol. The van der Waals surface area contributed by atoms with Gasteiger partial charge in [-0.3, -0.25) is 4.72 Å². The predicted molar refractivity (Wildman–Crippen MR) is 86.3 cm³/mol. The molecule has 2 rings (SSSR count). The smallest absolute Gasteiger partial charge is 0.235 e. The van der Waals surface area contributed by atoms with Crippen molar-refractivity contribution in [3.63, 3.8) is 0 Å². The molecule has 1 heterocycles. The lowest BCUT2D eigenvalue weighted by Crippen LogP contribution is -2.26. The topological polar surface area (TPSA) is 67.4 Å². The summed E-state index contributed by atoms with van der Waals surface area (Å²) in [7, 11) is -3.40. The number of para-hydroxylation sites is 1. The van der Waals surface area contributed by atoms with Crippen molar-refractivity contribution >= 4 is 21.4 Å². The SMILES string of the molecule is CC1CCc2cccc(NS(=O)(=O)CCOC(C)C)c2N1. The van der Waals surface area contributed by atoms with Crippen molar-refractivity contribution in [1.29, 1.82) is 0 Å². The summed E-state index contributed by atoms with van der Waals surface area (Å²) in [4.78, 5) is 0. The van der Waals surface area contributed by atoms with Crippen LogP contribution < -0.4 is 10.0 Å². The lowest BCUT2D eigenvalue weighted by atomic mass is 9.98. The average molecular weight is 312 g/mol. The van der Waals surface area contributed by atoms with Crippen molar-refractivity contribution in [2.75, 3.05) is 22.4 Å². The minimum absolute atomic E-state index is 0.0344. The fourth-order valence-corrected chi connectivity index (χ4v) is 3.29. The van der Waals surface area contributed by atoms with Gasteiger partial charge in [0, 0.05) is 6.04 Å². The minimum Gasteiger partial charge on any atom is -0.381 e. The standard InChI is InChI=1S/C15H24N2O3S/c1-11(2)20-9-10-21(18,19)17-14-6-4-5-13-8-7-12(3)16-15(13)14/h4-6,11-12,16-17H,7-10H2,1-3H3. The Kier molecular flexibility index (Phi) is 5.11. The number of nitrogens with one attached hydrogen (secondary N) is 2. The number of sulfonamides is 1. The molecule has 6 heteroatoms. The lowest BCUT2D eigenvalue weighted by molar-refractivity contribution is 0.0913. The van der Waals surface area contributed by atoms with E-state index in [0.29, 0.717) is 11.7 Å². The molecule has 0 saturated heterocycles. The van der Waals surface area contributed by atoms with E-state index in [1.807, 2.05) is 26.0 Å². The fourth-order valence-electron chi connectivity index (χ4n) is 2.37. The predicted octanol–water partition coefficient (Wildman–Crippen LogP) is 2.60. The molecule has 1 unspecified atom stereocenters. The van der Waals surface area contributed by atoms with Gasteiger partial charge < -0.3 is 10.1 Å². The zero-order chi connectivity index (χ0) is 15.5. The number of anilines is 2. The van der Waals surface area contributed by atoms with Crippen LogP contribution in [0.3, 0.4) is 0 Å². The molecule has 0 saturated carbocycles. The molecule has 118 valence electrons. The summed E-state index contributed by atoms with van der Waals surface area (Å²) < 4.78 is 32.2. The van der Waals surface area contributed by atoms with Crippen molar-refractivity contribution in [1.82, 2.24) is 0 Å². The van der Waals surface area contributed by atoms with Crippen LogP contribution in [0.2, 0.25) is 0 Å². The van der Waals surface area contributed by atoms with Crippen LogP contribution in [0.15, 0.2) is 18.2 Å². The Morgan fingerprint density at radius 3 is 2.90 bits per heavy atom. The van der Waals surface area contributed by atoms with Gasteiger partial charge in [-0.15, -0.1) is 0 Å². The number of ether oxygens (including phenoxy) is 1. The molecule has 5 nitrogen and oxygen atoms in total. The van der Waals surface area contributed by atoms with Gasteiger partial charge in [0.15, 0.2) is 0 Å². The molecule has 1 atom stereocenters. The third-order valence-electron chi connectivity index (χ3n) is 3.46. The van der Waals surface area contributed by atoms with Crippen LogP contribution >= 0.6 is 0 Å². The second-order valence-electron chi connectivity index (χ2n) is 5.76. The van der Waals surface area contributed by atoms with Crippen LogP contribution in [0, 0.1) is 0 Å². The van der Waals surface area contributed by atoms with Crippen LogP contribution in [0.25, 0.3) is 0 Å². The summed E-state index contributed by atoms with van der Waals surface area (Å²) in [6.45, 7) is 6.08. The fraction of sp³-hybridized carbons (Fsp3) is 0.600. The number of aryl methyl sites for hydroxylation is 1. The molecule has 1 aliphatic heterocycles. The molecular formula is C15H24N2O3S. The molecule has 21 heavy (non-hydrogen) atoms. The molecule has 1 aliphatic rings. The van der Waals surface area contributed by atoms with Gasteiger partial charge in [0.1, 0.15) is 0 Å². The molecule has 0 bridgehead atoms. The Morgan fingerprint density at radius 2 is 2.19 bits per heavy atom. The van der Waals surface area contributed by atoms with E-state index in [-0.39, 0.29) is 18.5 Å². The monoisotopic (exact) mass is 312 g/mol. The van der Waals surface area contributed by atoms with Gasteiger partial charge >= 0.3 is 0 Å². The lowest BCUT2D eigenvalue weighted by Gasteiger charge is -2.26. The van der Waals surface area contributed by atoms with Crippen molar-refractivity contribution in [2.24, 2.45) is 0 Å². The number of rotatable bonds is 6. The zero-order valence-corrected chi connectivity index (χ0v) is 13.7. The van der Waals surface area contributed by atoms with E-state index in [2.05, 4.69) is 17.0 Å². The first-order valence-electron chi connectivity index (χ1n) is 7.38. The van der Waals surface area contributed by atoms with Crippen molar-refractivity contribution in [2.45, 2.75) is 45.8 Å². The van der Waals surface area contributed by atoms with Gasteiger partial charge in [0.2, 0.25) is 10.0 Å². The quantitative estimate of drug-likeness (QED) is 0.847. The number of fused-ring (bicyclic) bond motifs is 1. The van der Waals surface area contributed by atoms with Crippen LogP contribution in [-0.4, -0.2) is 32.9 Å². The maximum Gasteiger partial charge on any atom is 0.235 e. The van der Waals surface area contributed by atoms with E-state index in [4.69, 9.17) is 4.74 Å². The second-order valence-corrected chi connectivity index (χ2v) is 7.61. The van der Waals surface area contributed by atoms with E-state index in [0.717, 1.165) is 24.1 Å². The number of hydrogen-bond acceptors (Lipinski definition) is 4. The molecule has 0 aromatic heterocycles. The van der Waals surface area contributed by atoms with Gasteiger partial charge in [-0.1, -0.05) is 12.1 Å². The first-order valence-corrected chi connectivity index (χ1v) is 9.03. The third-order valence-corrected chi connectivity index (χ3v) is 4.69.